The lowest BCUT2D eigenvalue weighted by atomic mass is 10.2. The Bertz CT molecular complexity index is 348. The first kappa shape index (κ1) is 15.2. The zero-order chi connectivity index (χ0) is 13.2. The van der Waals surface area contributed by atoms with Gasteiger partial charge in [-0.1, -0.05) is 17.7 Å². The second-order valence-corrected chi connectivity index (χ2v) is 4.31. The van der Waals surface area contributed by atoms with E-state index < -0.39 is 0 Å². The third-order valence-electron chi connectivity index (χ3n) is 2.53. The van der Waals surface area contributed by atoms with E-state index in [1.165, 1.54) is 0 Å². The summed E-state index contributed by atoms with van der Waals surface area (Å²) < 4.78 is 10.2. The average molecular weight is 273 g/mol. The van der Waals surface area contributed by atoms with Gasteiger partial charge in [0.25, 0.3) is 0 Å². The number of ether oxygens (including phenoxy) is 2. The van der Waals surface area contributed by atoms with Crippen LogP contribution in [0.3, 0.4) is 0 Å². The summed E-state index contributed by atoms with van der Waals surface area (Å²) >= 11 is 5.91. The standard InChI is InChI=1S/C13H21ClN2O2/c1-17-8-7-15-5-6-16-10-11-3-4-12(14)9-13(11)18-2/h3-4,9,15-16H,5-8,10H2,1-2H3. The van der Waals surface area contributed by atoms with Crippen LogP contribution in [0.1, 0.15) is 5.56 Å². The molecule has 0 amide bonds. The Balaban J connectivity index is 2.22. The molecule has 0 heterocycles. The van der Waals surface area contributed by atoms with Crippen molar-refractivity contribution < 1.29 is 9.47 Å². The molecule has 0 aromatic heterocycles. The van der Waals surface area contributed by atoms with Crippen LogP contribution < -0.4 is 15.4 Å². The minimum Gasteiger partial charge on any atom is -0.496 e. The Kier molecular flexibility index (Phi) is 7.76. The van der Waals surface area contributed by atoms with Crippen LogP contribution in [0.25, 0.3) is 0 Å². The Hall–Kier alpha value is -0.810. The van der Waals surface area contributed by atoms with E-state index >= 15 is 0 Å². The molecule has 0 radical (unpaired) electrons. The predicted molar refractivity (Wildman–Crippen MR) is 74.5 cm³/mol. The molecular weight excluding hydrogens is 252 g/mol. The molecule has 0 saturated heterocycles. The van der Waals surface area contributed by atoms with Crippen molar-refractivity contribution in [3.63, 3.8) is 0 Å². The first-order valence-electron chi connectivity index (χ1n) is 6.00. The number of nitrogens with one attached hydrogen (secondary N) is 2. The van der Waals surface area contributed by atoms with Crippen molar-refractivity contribution in [2.75, 3.05) is 40.5 Å². The molecule has 0 spiro atoms. The quantitative estimate of drug-likeness (QED) is 0.671. The lowest BCUT2D eigenvalue weighted by Crippen LogP contribution is -2.29. The smallest absolute Gasteiger partial charge is 0.124 e. The van der Waals surface area contributed by atoms with Crippen molar-refractivity contribution in [1.82, 2.24) is 10.6 Å². The fraction of sp³-hybridized carbons (Fsp3) is 0.538. The molecular formula is C13H21ClN2O2. The van der Waals surface area contributed by atoms with Crippen LogP contribution in [0.5, 0.6) is 5.75 Å². The molecule has 4 nitrogen and oxygen atoms in total. The summed E-state index contributed by atoms with van der Waals surface area (Å²) in [7, 11) is 3.36. The monoisotopic (exact) mass is 272 g/mol. The molecule has 1 rings (SSSR count). The highest BCUT2D eigenvalue weighted by Gasteiger charge is 2.02. The molecule has 2 N–H and O–H groups in total. The molecule has 1 aromatic carbocycles. The van der Waals surface area contributed by atoms with Crippen LogP contribution in [-0.4, -0.2) is 40.5 Å². The molecule has 18 heavy (non-hydrogen) atoms. The fourth-order valence-corrected chi connectivity index (χ4v) is 1.73. The van der Waals surface area contributed by atoms with Gasteiger partial charge in [-0.15, -0.1) is 0 Å². The SMILES string of the molecule is COCCNCCNCc1ccc(Cl)cc1OC. The Morgan fingerprint density at radius 3 is 2.61 bits per heavy atom. The first-order valence-corrected chi connectivity index (χ1v) is 6.38. The van der Waals surface area contributed by atoms with Gasteiger partial charge in [-0.25, -0.2) is 0 Å². The zero-order valence-electron chi connectivity index (χ0n) is 11.0. The highest BCUT2D eigenvalue weighted by Crippen LogP contribution is 2.22. The summed E-state index contributed by atoms with van der Waals surface area (Å²) in [6.45, 7) is 4.20. The number of benzene rings is 1. The van der Waals surface area contributed by atoms with Crippen LogP contribution in [0, 0.1) is 0 Å². The van der Waals surface area contributed by atoms with Crippen LogP contribution >= 0.6 is 11.6 Å². The fourth-order valence-electron chi connectivity index (χ4n) is 1.56. The maximum Gasteiger partial charge on any atom is 0.124 e. The molecule has 0 unspecified atom stereocenters. The van der Waals surface area contributed by atoms with E-state index in [2.05, 4.69) is 10.6 Å². The van der Waals surface area contributed by atoms with E-state index in [9.17, 15) is 0 Å². The molecule has 0 bridgehead atoms. The predicted octanol–water partition coefficient (Wildman–Crippen LogP) is 1.67. The van der Waals surface area contributed by atoms with Gasteiger partial charge < -0.3 is 20.1 Å². The number of halogens is 1. The summed E-state index contributed by atoms with van der Waals surface area (Å²) in [5.74, 6) is 0.822. The number of rotatable bonds is 9. The largest absolute Gasteiger partial charge is 0.496 e. The third kappa shape index (κ3) is 5.69. The van der Waals surface area contributed by atoms with E-state index in [4.69, 9.17) is 21.1 Å². The Labute approximate surface area is 114 Å². The molecule has 1 aromatic rings. The second-order valence-electron chi connectivity index (χ2n) is 3.88. The maximum atomic E-state index is 5.91. The number of hydrogen-bond acceptors (Lipinski definition) is 4. The minimum atomic E-state index is 0.692. The Morgan fingerprint density at radius 1 is 1.11 bits per heavy atom. The van der Waals surface area contributed by atoms with Crippen LogP contribution in [0.15, 0.2) is 18.2 Å². The first-order chi connectivity index (χ1) is 8.77. The molecule has 0 atom stereocenters. The van der Waals surface area contributed by atoms with Crippen LogP contribution in [0.2, 0.25) is 5.02 Å². The third-order valence-corrected chi connectivity index (χ3v) is 2.76. The topological polar surface area (TPSA) is 42.5 Å². The van der Waals surface area contributed by atoms with Crippen molar-refractivity contribution in [2.24, 2.45) is 0 Å². The lowest BCUT2D eigenvalue weighted by molar-refractivity contribution is 0.199. The zero-order valence-corrected chi connectivity index (χ0v) is 11.7. The van der Waals surface area contributed by atoms with Crippen LogP contribution in [0.4, 0.5) is 0 Å². The van der Waals surface area contributed by atoms with Crippen molar-refractivity contribution in [1.29, 1.82) is 0 Å². The van der Waals surface area contributed by atoms with E-state index in [0.29, 0.717) is 5.02 Å². The van der Waals surface area contributed by atoms with Crippen molar-refractivity contribution in [3.05, 3.63) is 28.8 Å². The van der Waals surface area contributed by atoms with Crippen molar-refractivity contribution >= 4 is 11.6 Å². The summed E-state index contributed by atoms with van der Waals surface area (Å²) in [4.78, 5) is 0. The van der Waals surface area contributed by atoms with E-state index in [1.54, 1.807) is 14.2 Å². The molecule has 102 valence electrons. The van der Waals surface area contributed by atoms with Gasteiger partial charge in [0.05, 0.1) is 13.7 Å². The van der Waals surface area contributed by atoms with Crippen molar-refractivity contribution in [2.45, 2.75) is 6.54 Å². The Morgan fingerprint density at radius 2 is 1.89 bits per heavy atom. The average Bonchev–Trinajstić information content (AvgIpc) is 2.39. The summed E-state index contributed by atoms with van der Waals surface area (Å²) in [5.41, 5.74) is 1.11. The molecule has 0 saturated carbocycles. The maximum absolute atomic E-state index is 5.91. The van der Waals surface area contributed by atoms with Crippen LogP contribution in [-0.2, 0) is 11.3 Å². The summed E-state index contributed by atoms with van der Waals surface area (Å²) in [6, 6.07) is 5.68. The summed E-state index contributed by atoms with van der Waals surface area (Å²) in [6.07, 6.45) is 0. The molecule has 0 aliphatic heterocycles. The normalized spacial score (nSPS) is 10.6. The van der Waals surface area contributed by atoms with Crippen molar-refractivity contribution in [3.8, 4) is 5.75 Å². The molecule has 0 fully saturated rings. The van der Waals surface area contributed by atoms with E-state index in [-0.39, 0.29) is 0 Å². The lowest BCUT2D eigenvalue weighted by Gasteiger charge is -2.10. The highest BCUT2D eigenvalue weighted by atomic mass is 35.5. The number of hydrogen-bond donors (Lipinski definition) is 2. The van der Waals surface area contributed by atoms with Gasteiger partial charge in [0.2, 0.25) is 0 Å². The highest BCUT2D eigenvalue weighted by molar-refractivity contribution is 6.30. The van der Waals surface area contributed by atoms with Gasteiger partial charge in [-0.2, -0.15) is 0 Å². The van der Waals surface area contributed by atoms with E-state index in [1.807, 2.05) is 18.2 Å². The minimum absolute atomic E-state index is 0.692. The van der Waals surface area contributed by atoms with Gasteiger partial charge in [0, 0.05) is 43.9 Å². The summed E-state index contributed by atoms with van der Waals surface area (Å²) in [5, 5.41) is 7.31. The van der Waals surface area contributed by atoms with Gasteiger partial charge in [0.15, 0.2) is 0 Å². The second kappa shape index (κ2) is 9.16. The van der Waals surface area contributed by atoms with Gasteiger partial charge in [-0.3, -0.25) is 0 Å². The number of methoxy groups -OCH3 is 2. The van der Waals surface area contributed by atoms with Gasteiger partial charge in [0.1, 0.15) is 5.75 Å². The van der Waals surface area contributed by atoms with Gasteiger partial charge in [-0.05, 0) is 12.1 Å². The van der Waals surface area contributed by atoms with Gasteiger partial charge >= 0.3 is 0 Å². The molecule has 0 aliphatic rings. The molecule has 5 heteroatoms. The van der Waals surface area contributed by atoms with E-state index in [0.717, 1.165) is 44.1 Å². The molecule has 0 aliphatic carbocycles.